The number of carbonyl (C=O) groups excluding carboxylic acids is 1. The molecule has 0 aliphatic carbocycles. The van der Waals surface area contributed by atoms with E-state index in [-0.39, 0.29) is 37.6 Å². The molecule has 0 bridgehead atoms. The van der Waals surface area contributed by atoms with Gasteiger partial charge in [0.25, 0.3) is 0 Å². The summed E-state index contributed by atoms with van der Waals surface area (Å²) in [7, 11) is -4.78. The van der Waals surface area contributed by atoms with E-state index in [1.807, 2.05) is 34.7 Å². The lowest BCUT2D eigenvalue weighted by Gasteiger charge is -2.26. The molecule has 5 aromatic rings. The summed E-state index contributed by atoms with van der Waals surface area (Å²) in [5, 5.41) is 14.9. The Bertz CT molecular complexity index is 2360. The van der Waals surface area contributed by atoms with Gasteiger partial charge in [0.15, 0.2) is 5.82 Å². The van der Waals surface area contributed by atoms with Crippen molar-refractivity contribution in [1.29, 1.82) is 0 Å². The molecule has 0 fully saturated rings. The summed E-state index contributed by atoms with van der Waals surface area (Å²) in [4.78, 5) is 11.4. The SMILES string of the molecule is COc1ccc(CN(Cc2ccc(OC)cc2)S(=O)(=O)c2c(S(=O)(=O)NCC(C)NC(=O)OC(C)(C)C)ccc(I)c2-c2nnnn2Cc2ccc(OC)cc2)cc1. The van der Waals surface area contributed by atoms with Gasteiger partial charge in [-0.25, -0.2) is 31.0 Å². The number of nitrogens with zero attached hydrogens (tertiary/aromatic N) is 5. The first kappa shape index (κ1) is 44.3. The maximum atomic E-state index is 15.5. The first-order valence-corrected chi connectivity index (χ1v) is 21.9. The normalized spacial score (nSPS) is 12.6. The molecule has 19 heteroatoms. The molecule has 1 aromatic heterocycles. The molecular formula is C39H46IN7O9S2. The van der Waals surface area contributed by atoms with Gasteiger partial charge in [-0.1, -0.05) is 36.4 Å². The third kappa shape index (κ3) is 11.2. The molecule has 0 saturated heterocycles. The highest BCUT2D eigenvalue weighted by Gasteiger charge is 2.38. The number of hydrogen-bond acceptors (Lipinski definition) is 12. The minimum atomic E-state index is -4.77. The lowest BCUT2D eigenvalue weighted by atomic mass is 10.2. The first-order chi connectivity index (χ1) is 27.4. The summed E-state index contributed by atoms with van der Waals surface area (Å²) < 4.78 is 86.6. The smallest absolute Gasteiger partial charge is 0.407 e. The van der Waals surface area contributed by atoms with E-state index >= 15 is 8.42 Å². The van der Waals surface area contributed by atoms with E-state index in [0.29, 0.717) is 31.9 Å². The standard InChI is InChI=1S/C39H46IN7O9S2/c1-26(42-38(48)56-39(2,3)4)22-41-57(49,50)34-21-20-33(40)35(37-43-44-45-47(37)25-29-12-18-32(55-7)19-13-29)36(34)58(51,52)46(23-27-8-14-30(53-5)15-9-27)24-28-10-16-31(54-6)17-11-28/h8-21,26,41H,22-25H2,1-7H3,(H,42,48). The van der Waals surface area contributed by atoms with E-state index in [4.69, 9.17) is 18.9 Å². The number of tetrazole rings is 1. The van der Waals surface area contributed by atoms with Crippen molar-refractivity contribution in [2.75, 3.05) is 27.9 Å². The van der Waals surface area contributed by atoms with Crippen LogP contribution >= 0.6 is 22.6 Å². The fourth-order valence-corrected chi connectivity index (χ4v) is 10.1. The number of aromatic nitrogens is 4. The number of methoxy groups -OCH3 is 3. The van der Waals surface area contributed by atoms with Crippen molar-refractivity contribution in [2.24, 2.45) is 0 Å². The number of sulfonamides is 2. The van der Waals surface area contributed by atoms with E-state index in [1.54, 1.807) is 95.5 Å². The van der Waals surface area contributed by atoms with E-state index in [0.717, 1.165) is 5.56 Å². The van der Waals surface area contributed by atoms with Gasteiger partial charge in [0.05, 0.1) is 33.4 Å². The Morgan fingerprint density at radius 3 is 1.78 bits per heavy atom. The molecular weight excluding hydrogens is 902 g/mol. The zero-order chi connectivity index (χ0) is 42.3. The molecule has 1 heterocycles. The predicted molar refractivity (Wildman–Crippen MR) is 225 cm³/mol. The fraction of sp³-hybridized carbons (Fsp3) is 0.333. The molecule has 0 aliphatic heterocycles. The number of rotatable bonds is 17. The van der Waals surface area contributed by atoms with Gasteiger partial charge >= 0.3 is 6.09 Å². The summed E-state index contributed by atoms with van der Waals surface area (Å²) in [6.07, 6.45) is -0.740. The molecule has 0 saturated carbocycles. The van der Waals surface area contributed by atoms with Crippen molar-refractivity contribution in [3.63, 3.8) is 0 Å². The van der Waals surface area contributed by atoms with Gasteiger partial charge in [-0.05, 0) is 126 Å². The quantitative estimate of drug-likeness (QED) is 0.110. The highest BCUT2D eigenvalue weighted by Crippen LogP contribution is 2.38. The number of benzene rings is 4. The van der Waals surface area contributed by atoms with E-state index in [9.17, 15) is 13.2 Å². The van der Waals surface area contributed by atoms with Crippen LogP contribution < -0.4 is 24.2 Å². The second-order valence-corrected chi connectivity index (χ2v) is 18.9. The van der Waals surface area contributed by atoms with Crippen LogP contribution in [0.15, 0.2) is 94.7 Å². The van der Waals surface area contributed by atoms with E-state index in [1.165, 1.54) is 35.3 Å². The minimum absolute atomic E-state index is 0.0172. The minimum Gasteiger partial charge on any atom is -0.497 e. The summed E-state index contributed by atoms with van der Waals surface area (Å²) in [6, 6.07) is 23.0. The van der Waals surface area contributed by atoms with Gasteiger partial charge in [0, 0.05) is 29.2 Å². The van der Waals surface area contributed by atoms with Crippen LogP contribution in [0.1, 0.15) is 44.4 Å². The summed E-state index contributed by atoms with van der Waals surface area (Å²) in [5.74, 6) is 1.81. The molecule has 16 nitrogen and oxygen atoms in total. The third-order valence-electron chi connectivity index (χ3n) is 8.58. The average Bonchev–Trinajstić information content (AvgIpc) is 3.64. The average molecular weight is 948 g/mol. The van der Waals surface area contributed by atoms with Crippen LogP contribution in [-0.4, -0.2) is 87.0 Å². The van der Waals surface area contributed by atoms with Gasteiger partial charge < -0.3 is 24.3 Å². The third-order valence-corrected chi connectivity index (χ3v) is 13.0. The lowest BCUT2D eigenvalue weighted by Crippen LogP contribution is -2.44. The molecule has 1 unspecified atom stereocenters. The lowest BCUT2D eigenvalue weighted by molar-refractivity contribution is 0.0509. The number of carbonyl (C=O) groups is 1. The van der Waals surface area contributed by atoms with Crippen molar-refractivity contribution >= 4 is 48.7 Å². The second kappa shape index (κ2) is 18.8. The molecule has 2 N–H and O–H groups in total. The molecule has 310 valence electrons. The Kier molecular flexibility index (Phi) is 14.4. The topological polar surface area (TPSA) is 193 Å². The monoisotopic (exact) mass is 947 g/mol. The van der Waals surface area contributed by atoms with Crippen molar-refractivity contribution < 1.29 is 40.6 Å². The van der Waals surface area contributed by atoms with Crippen molar-refractivity contribution in [3.8, 4) is 28.6 Å². The maximum Gasteiger partial charge on any atom is 0.407 e. The number of halogens is 1. The van der Waals surface area contributed by atoms with Gasteiger partial charge in [0.2, 0.25) is 20.0 Å². The van der Waals surface area contributed by atoms with Gasteiger partial charge in [-0.3, -0.25) is 0 Å². The van der Waals surface area contributed by atoms with Crippen LogP contribution in [0.5, 0.6) is 17.2 Å². The highest BCUT2D eigenvalue weighted by atomic mass is 127. The summed E-state index contributed by atoms with van der Waals surface area (Å²) >= 11 is 1.96. The number of ether oxygens (including phenoxy) is 4. The Balaban J connectivity index is 1.67. The Labute approximate surface area is 352 Å². The maximum absolute atomic E-state index is 15.5. The fourth-order valence-electron chi connectivity index (χ4n) is 5.71. The molecule has 1 atom stereocenters. The summed E-state index contributed by atoms with van der Waals surface area (Å²) in [6.45, 7) is 6.23. The highest BCUT2D eigenvalue weighted by molar-refractivity contribution is 14.1. The molecule has 58 heavy (non-hydrogen) atoms. The number of nitrogens with one attached hydrogen (secondary N) is 2. The number of alkyl carbamates (subject to hydrolysis) is 1. The summed E-state index contributed by atoms with van der Waals surface area (Å²) in [5.41, 5.74) is 1.19. The molecule has 1 amide bonds. The largest absolute Gasteiger partial charge is 0.497 e. The van der Waals surface area contributed by atoms with Crippen LogP contribution in [0.4, 0.5) is 4.79 Å². The number of hydrogen-bond donors (Lipinski definition) is 2. The van der Waals surface area contributed by atoms with Crippen LogP contribution in [0.25, 0.3) is 11.4 Å². The van der Waals surface area contributed by atoms with E-state index in [2.05, 4.69) is 25.6 Å². The molecule has 4 aromatic carbocycles. The van der Waals surface area contributed by atoms with Crippen molar-refractivity contribution in [3.05, 3.63) is 105 Å². The van der Waals surface area contributed by atoms with Crippen LogP contribution in [0, 0.1) is 3.57 Å². The first-order valence-electron chi connectivity index (χ1n) is 17.9. The van der Waals surface area contributed by atoms with Crippen LogP contribution in [-0.2, 0) is 44.4 Å². The number of amides is 1. The molecule has 0 radical (unpaired) electrons. The molecule has 0 spiro atoms. The van der Waals surface area contributed by atoms with E-state index < -0.39 is 47.6 Å². The molecule has 5 rings (SSSR count). The van der Waals surface area contributed by atoms with Crippen LogP contribution in [0.2, 0.25) is 0 Å². The zero-order valence-corrected chi connectivity index (χ0v) is 36.9. The molecule has 0 aliphatic rings. The van der Waals surface area contributed by atoms with Crippen molar-refractivity contribution in [2.45, 2.75) is 68.8 Å². The van der Waals surface area contributed by atoms with Crippen LogP contribution in [0.3, 0.4) is 0 Å². The van der Waals surface area contributed by atoms with Gasteiger partial charge in [-0.2, -0.15) is 4.31 Å². The Hall–Kier alpha value is -4.83. The predicted octanol–water partition coefficient (Wildman–Crippen LogP) is 5.60. The second-order valence-electron chi connectivity index (χ2n) is 14.1. The zero-order valence-electron chi connectivity index (χ0n) is 33.1. The van der Waals surface area contributed by atoms with Gasteiger partial charge in [0.1, 0.15) is 32.6 Å². The Morgan fingerprint density at radius 1 is 0.793 bits per heavy atom. The Morgan fingerprint density at radius 2 is 1.29 bits per heavy atom. The van der Waals surface area contributed by atoms with Gasteiger partial charge in [-0.15, -0.1) is 5.10 Å². The van der Waals surface area contributed by atoms with Crippen molar-refractivity contribution in [1.82, 2.24) is 34.6 Å².